The Kier molecular flexibility index (Phi) is 6.71. The number of benzene rings is 2. The molecule has 2 N–H and O–H groups in total. The zero-order chi connectivity index (χ0) is 25.9. The van der Waals surface area contributed by atoms with Crippen LogP contribution in [0.4, 0.5) is 11.4 Å². The third kappa shape index (κ3) is 5.03. The summed E-state index contributed by atoms with van der Waals surface area (Å²) in [5.74, 6) is -0.491. The SMILES string of the molecule is COc1ncc(NC(=O)c2coc(-c3ccccc3)n2)cc1S(=O)(=O)Nc1c(C)cc(C#N)cc1C. The van der Waals surface area contributed by atoms with Crippen molar-refractivity contribution in [3.8, 4) is 23.4 Å². The maximum absolute atomic E-state index is 13.3. The van der Waals surface area contributed by atoms with Gasteiger partial charge in [0.2, 0.25) is 11.8 Å². The molecule has 4 rings (SSSR count). The highest BCUT2D eigenvalue weighted by molar-refractivity contribution is 7.92. The minimum Gasteiger partial charge on any atom is -0.480 e. The van der Waals surface area contributed by atoms with Crippen LogP contribution in [0.1, 0.15) is 27.2 Å². The zero-order valence-corrected chi connectivity index (χ0v) is 20.4. The minimum absolute atomic E-state index is 0.0102. The molecule has 0 aliphatic carbocycles. The summed E-state index contributed by atoms with van der Waals surface area (Å²) < 4.78 is 39.6. The fourth-order valence-corrected chi connectivity index (χ4v) is 4.86. The highest BCUT2D eigenvalue weighted by Gasteiger charge is 2.24. The van der Waals surface area contributed by atoms with Gasteiger partial charge in [-0.05, 0) is 55.3 Å². The Labute approximate surface area is 207 Å². The molecule has 0 fully saturated rings. The van der Waals surface area contributed by atoms with Gasteiger partial charge in [-0.2, -0.15) is 5.26 Å². The van der Waals surface area contributed by atoms with E-state index >= 15 is 0 Å². The number of carbonyl (C=O) groups is 1. The van der Waals surface area contributed by atoms with E-state index in [2.05, 4.69) is 20.0 Å². The number of amides is 1. The second kappa shape index (κ2) is 9.89. The average Bonchev–Trinajstić information content (AvgIpc) is 3.37. The maximum Gasteiger partial charge on any atom is 0.277 e. The second-order valence-electron chi connectivity index (χ2n) is 7.79. The van der Waals surface area contributed by atoms with Gasteiger partial charge >= 0.3 is 0 Å². The first-order chi connectivity index (χ1) is 17.2. The summed E-state index contributed by atoms with van der Waals surface area (Å²) in [7, 11) is -2.89. The van der Waals surface area contributed by atoms with E-state index in [0.29, 0.717) is 27.9 Å². The standard InChI is InChI=1S/C25H21N5O5S/c1-15-9-17(12-26)10-16(2)22(15)30-36(32,33)21-11-19(13-27-25(21)34-3)28-23(31)20-14-35-24(29-20)18-7-5-4-6-8-18/h4-11,13-14,30H,1-3H3,(H,28,31). The molecule has 182 valence electrons. The predicted molar refractivity (Wildman–Crippen MR) is 132 cm³/mol. The molecule has 0 radical (unpaired) electrons. The van der Waals surface area contributed by atoms with Crippen LogP contribution in [0, 0.1) is 25.2 Å². The van der Waals surface area contributed by atoms with Gasteiger partial charge in [0.15, 0.2) is 10.6 Å². The number of ether oxygens (including phenoxy) is 1. The number of aryl methyl sites for hydroxylation is 2. The molecule has 10 nitrogen and oxygen atoms in total. The van der Waals surface area contributed by atoms with Crippen molar-refractivity contribution in [1.82, 2.24) is 9.97 Å². The van der Waals surface area contributed by atoms with Crippen LogP contribution in [0.2, 0.25) is 0 Å². The summed E-state index contributed by atoms with van der Waals surface area (Å²) in [5, 5.41) is 11.7. The molecule has 2 heterocycles. The number of hydrogen-bond donors (Lipinski definition) is 2. The summed E-state index contributed by atoms with van der Waals surface area (Å²) in [6, 6.07) is 15.5. The molecule has 36 heavy (non-hydrogen) atoms. The number of carbonyl (C=O) groups excluding carboxylic acids is 1. The first kappa shape index (κ1) is 24.4. The number of hydrogen-bond acceptors (Lipinski definition) is 8. The fraction of sp³-hybridized carbons (Fsp3) is 0.120. The predicted octanol–water partition coefficient (Wildman–Crippen LogP) is 4.29. The van der Waals surface area contributed by atoms with Gasteiger partial charge < -0.3 is 14.5 Å². The molecule has 1 amide bonds. The number of anilines is 2. The summed E-state index contributed by atoms with van der Waals surface area (Å²) in [5.41, 5.74) is 2.73. The number of aromatic nitrogens is 2. The van der Waals surface area contributed by atoms with Crippen molar-refractivity contribution in [3.63, 3.8) is 0 Å². The average molecular weight is 504 g/mol. The topological polar surface area (TPSA) is 147 Å². The van der Waals surface area contributed by atoms with Crippen molar-refractivity contribution < 1.29 is 22.4 Å². The van der Waals surface area contributed by atoms with Crippen LogP contribution in [0.25, 0.3) is 11.5 Å². The Bertz CT molecular complexity index is 1570. The van der Waals surface area contributed by atoms with Crippen LogP contribution in [-0.2, 0) is 10.0 Å². The number of nitrogens with zero attached hydrogens (tertiary/aromatic N) is 3. The molecule has 0 atom stereocenters. The van der Waals surface area contributed by atoms with Crippen molar-refractivity contribution in [2.24, 2.45) is 0 Å². The van der Waals surface area contributed by atoms with E-state index in [1.807, 2.05) is 24.3 Å². The number of nitriles is 1. The monoisotopic (exact) mass is 503 g/mol. The lowest BCUT2D eigenvalue weighted by Gasteiger charge is -2.16. The quantitative estimate of drug-likeness (QED) is 0.380. The smallest absolute Gasteiger partial charge is 0.277 e. The Morgan fingerprint density at radius 1 is 1.11 bits per heavy atom. The van der Waals surface area contributed by atoms with Crippen LogP contribution in [0.3, 0.4) is 0 Å². The Balaban J connectivity index is 1.61. The highest BCUT2D eigenvalue weighted by Crippen LogP contribution is 2.30. The maximum atomic E-state index is 13.3. The van der Waals surface area contributed by atoms with Crippen molar-refractivity contribution in [2.45, 2.75) is 18.7 Å². The van der Waals surface area contributed by atoms with Gasteiger partial charge in [0.25, 0.3) is 15.9 Å². The van der Waals surface area contributed by atoms with Crippen LogP contribution in [0.5, 0.6) is 5.88 Å². The summed E-state index contributed by atoms with van der Waals surface area (Å²) in [6.45, 7) is 3.39. The molecule has 4 aromatic rings. The van der Waals surface area contributed by atoms with Gasteiger partial charge in [-0.3, -0.25) is 9.52 Å². The molecular formula is C25H21N5O5S. The first-order valence-corrected chi connectivity index (χ1v) is 12.1. The molecule has 2 aromatic heterocycles. The van der Waals surface area contributed by atoms with E-state index in [4.69, 9.17) is 14.4 Å². The molecule has 0 aliphatic heterocycles. The third-order valence-electron chi connectivity index (χ3n) is 5.21. The largest absolute Gasteiger partial charge is 0.480 e. The van der Waals surface area contributed by atoms with Gasteiger partial charge in [-0.25, -0.2) is 18.4 Å². The van der Waals surface area contributed by atoms with Crippen molar-refractivity contribution in [2.75, 3.05) is 17.1 Å². The fourth-order valence-electron chi connectivity index (χ4n) is 3.51. The normalized spacial score (nSPS) is 10.9. The lowest BCUT2D eigenvalue weighted by Crippen LogP contribution is -2.18. The van der Waals surface area contributed by atoms with E-state index in [9.17, 15) is 13.2 Å². The van der Waals surface area contributed by atoms with Gasteiger partial charge in [0.1, 0.15) is 6.26 Å². The van der Waals surface area contributed by atoms with Gasteiger partial charge in [-0.1, -0.05) is 18.2 Å². The molecule has 0 bridgehead atoms. The Morgan fingerprint density at radius 3 is 2.44 bits per heavy atom. The van der Waals surface area contributed by atoms with Crippen LogP contribution in [0.15, 0.2) is 70.3 Å². The molecule has 11 heteroatoms. The van der Waals surface area contributed by atoms with Gasteiger partial charge in [0, 0.05) is 5.56 Å². The van der Waals surface area contributed by atoms with E-state index in [0.717, 1.165) is 0 Å². The summed E-state index contributed by atoms with van der Waals surface area (Å²) in [6.07, 6.45) is 2.48. The molecule has 0 aliphatic rings. The number of nitrogens with one attached hydrogen (secondary N) is 2. The van der Waals surface area contributed by atoms with Crippen molar-refractivity contribution >= 4 is 27.3 Å². The molecule has 0 spiro atoms. The third-order valence-corrected chi connectivity index (χ3v) is 6.56. The first-order valence-electron chi connectivity index (χ1n) is 10.6. The van der Waals surface area contributed by atoms with E-state index in [1.54, 1.807) is 38.1 Å². The van der Waals surface area contributed by atoms with E-state index in [-0.39, 0.29) is 28.0 Å². The lowest BCUT2D eigenvalue weighted by molar-refractivity contribution is 0.102. The van der Waals surface area contributed by atoms with Gasteiger partial charge in [-0.15, -0.1) is 0 Å². The highest BCUT2D eigenvalue weighted by atomic mass is 32.2. The van der Waals surface area contributed by atoms with Gasteiger partial charge in [0.05, 0.1) is 36.3 Å². The number of rotatable bonds is 7. The van der Waals surface area contributed by atoms with Crippen molar-refractivity contribution in [3.05, 3.63) is 83.4 Å². The Hall–Kier alpha value is -4.69. The number of sulfonamides is 1. The van der Waals surface area contributed by atoms with Crippen molar-refractivity contribution in [1.29, 1.82) is 5.26 Å². The second-order valence-corrected chi connectivity index (χ2v) is 9.44. The molecular weight excluding hydrogens is 482 g/mol. The molecule has 0 saturated carbocycles. The zero-order valence-electron chi connectivity index (χ0n) is 19.6. The van der Waals surface area contributed by atoms with E-state index < -0.39 is 15.9 Å². The number of pyridine rings is 1. The van der Waals surface area contributed by atoms with E-state index in [1.165, 1.54) is 25.6 Å². The molecule has 2 aromatic carbocycles. The lowest BCUT2D eigenvalue weighted by atomic mass is 10.1. The van der Waals surface area contributed by atoms with Crippen LogP contribution < -0.4 is 14.8 Å². The van der Waals surface area contributed by atoms with Crippen LogP contribution in [-0.4, -0.2) is 31.4 Å². The number of oxazole rings is 1. The van der Waals surface area contributed by atoms with Crippen LogP contribution >= 0.6 is 0 Å². The summed E-state index contributed by atoms with van der Waals surface area (Å²) in [4.78, 5) is 20.7. The Morgan fingerprint density at radius 2 is 1.81 bits per heavy atom. The molecule has 0 unspecified atom stereocenters. The molecule has 0 saturated heterocycles. The number of methoxy groups -OCH3 is 1. The minimum atomic E-state index is -4.18. The summed E-state index contributed by atoms with van der Waals surface area (Å²) >= 11 is 0.